The summed E-state index contributed by atoms with van der Waals surface area (Å²) >= 11 is 0. The number of carbonyl (C=O) groups excluding carboxylic acids is 1. The molecule has 0 aliphatic carbocycles. The summed E-state index contributed by atoms with van der Waals surface area (Å²) < 4.78 is 51.6. The zero-order valence-corrected chi connectivity index (χ0v) is 13.6. The predicted molar refractivity (Wildman–Crippen MR) is 79.1 cm³/mol. The molecule has 0 saturated heterocycles. The third kappa shape index (κ3) is 6.81. The number of carbonyl (C=O) groups is 1. The van der Waals surface area contributed by atoms with Gasteiger partial charge in [-0.3, -0.25) is 9.78 Å². The number of halogens is 3. The van der Waals surface area contributed by atoms with Gasteiger partial charge in [-0.05, 0) is 26.0 Å². The maximum atomic E-state index is 12.0. The largest absolute Gasteiger partial charge is 0.411 e. The molecule has 9 heteroatoms. The van der Waals surface area contributed by atoms with Gasteiger partial charge in [-0.15, -0.1) is 0 Å². The Morgan fingerprint density at radius 1 is 1.21 bits per heavy atom. The van der Waals surface area contributed by atoms with E-state index in [0.717, 1.165) is 0 Å². The van der Waals surface area contributed by atoms with Gasteiger partial charge in [0.15, 0.2) is 0 Å². The van der Waals surface area contributed by atoms with Crippen LogP contribution in [0.3, 0.4) is 0 Å². The summed E-state index contributed by atoms with van der Waals surface area (Å²) in [5.74, 6) is -2.02. The number of rotatable bonds is 10. The number of alkyl halides is 3. The standard InChI is InChI=1S/C15H21F3N2O4/c1-3-23-14(24-4-2,12-7-5-6-8-19-12)10-20-13(21)9-22-11-15(16,17)18/h5-8H,3-4,9-11H2,1-2H3,(H,20,21). The van der Waals surface area contributed by atoms with Crippen molar-refractivity contribution in [1.82, 2.24) is 10.3 Å². The van der Waals surface area contributed by atoms with Crippen molar-refractivity contribution in [2.75, 3.05) is 33.0 Å². The molecule has 1 heterocycles. The third-order valence-corrected chi connectivity index (χ3v) is 2.83. The highest BCUT2D eigenvalue weighted by atomic mass is 19.4. The Kier molecular flexibility index (Phi) is 8.09. The second-order valence-electron chi connectivity index (χ2n) is 4.72. The van der Waals surface area contributed by atoms with Crippen LogP contribution in [0.25, 0.3) is 0 Å². The minimum Gasteiger partial charge on any atom is -0.362 e. The monoisotopic (exact) mass is 350 g/mol. The summed E-state index contributed by atoms with van der Waals surface area (Å²) in [5, 5.41) is 2.46. The van der Waals surface area contributed by atoms with Gasteiger partial charge in [0.1, 0.15) is 18.9 Å². The van der Waals surface area contributed by atoms with Crippen LogP contribution in [0, 0.1) is 0 Å². The summed E-state index contributed by atoms with van der Waals surface area (Å²) in [4.78, 5) is 15.9. The Bertz CT molecular complexity index is 491. The fraction of sp³-hybridized carbons (Fsp3) is 0.600. The molecule has 24 heavy (non-hydrogen) atoms. The van der Waals surface area contributed by atoms with Gasteiger partial charge in [-0.25, -0.2) is 0 Å². The zero-order chi connectivity index (χ0) is 18.1. The minimum atomic E-state index is -4.48. The zero-order valence-electron chi connectivity index (χ0n) is 13.6. The lowest BCUT2D eigenvalue weighted by atomic mass is 10.1. The molecule has 0 atom stereocenters. The van der Waals surface area contributed by atoms with Crippen LogP contribution in [0.5, 0.6) is 0 Å². The van der Waals surface area contributed by atoms with Gasteiger partial charge < -0.3 is 19.5 Å². The van der Waals surface area contributed by atoms with Crippen molar-refractivity contribution in [2.24, 2.45) is 0 Å². The number of hydrogen-bond donors (Lipinski definition) is 1. The van der Waals surface area contributed by atoms with Gasteiger partial charge >= 0.3 is 6.18 Å². The lowest BCUT2D eigenvalue weighted by Gasteiger charge is -2.32. The molecule has 6 nitrogen and oxygen atoms in total. The topological polar surface area (TPSA) is 69.7 Å². The molecule has 0 aromatic carbocycles. The van der Waals surface area contributed by atoms with E-state index in [1.165, 1.54) is 0 Å². The first-order chi connectivity index (χ1) is 11.3. The predicted octanol–water partition coefficient (Wildman–Crippen LogP) is 2.00. The average Bonchev–Trinajstić information content (AvgIpc) is 2.53. The van der Waals surface area contributed by atoms with E-state index >= 15 is 0 Å². The van der Waals surface area contributed by atoms with Gasteiger partial charge in [0, 0.05) is 19.4 Å². The van der Waals surface area contributed by atoms with Crippen LogP contribution in [0.1, 0.15) is 19.5 Å². The van der Waals surface area contributed by atoms with E-state index in [4.69, 9.17) is 9.47 Å². The van der Waals surface area contributed by atoms with E-state index in [2.05, 4.69) is 15.0 Å². The first-order valence-corrected chi connectivity index (χ1v) is 7.43. The van der Waals surface area contributed by atoms with Crippen LogP contribution >= 0.6 is 0 Å². The highest BCUT2D eigenvalue weighted by Crippen LogP contribution is 2.25. The lowest BCUT2D eigenvalue weighted by Crippen LogP contribution is -2.46. The molecule has 0 spiro atoms. The summed E-state index contributed by atoms with van der Waals surface area (Å²) in [6.07, 6.45) is -2.93. The molecule has 0 unspecified atom stereocenters. The number of aromatic nitrogens is 1. The number of nitrogens with one attached hydrogen (secondary N) is 1. The van der Waals surface area contributed by atoms with Crippen LogP contribution in [0.4, 0.5) is 13.2 Å². The molecule has 0 bridgehead atoms. The van der Waals surface area contributed by atoms with Crippen molar-refractivity contribution in [3.63, 3.8) is 0 Å². The average molecular weight is 350 g/mol. The van der Waals surface area contributed by atoms with Crippen molar-refractivity contribution >= 4 is 5.91 Å². The van der Waals surface area contributed by atoms with Crippen LogP contribution in [0.2, 0.25) is 0 Å². The smallest absolute Gasteiger partial charge is 0.362 e. The number of amides is 1. The van der Waals surface area contributed by atoms with Crippen LogP contribution in [-0.2, 0) is 24.8 Å². The Labute approximate surface area is 138 Å². The molecular formula is C15H21F3N2O4. The van der Waals surface area contributed by atoms with Crippen molar-refractivity contribution in [3.05, 3.63) is 30.1 Å². The Morgan fingerprint density at radius 2 is 1.88 bits per heavy atom. The van der Waals surface area contributed by atoms with E-state index in [1.54, 1.807) is 38.2 Å². The van der Waals surface area contributed by atoms with Crippen LogP contribution in [-0.4, -0.2) is 50.0 Å². The summed E-state index contributed by atoms with van der Waals surface area (Å²) in [7, 11) is 0. The Morgan fingerprint density at radius 3 is 2.38 bits per heavy atom. The summed E-state index contributed by atoms with van der Waals surface area (Å²) in [6, 6.07) is 5.14. The number of nitrogens with zero attached hydrogens (tertiary/aromatic N) is 1. The van der Waals surface area contributed by atoms with Gasteiger partial charge in [0.2, 0.25) is 11.7 Å². The Hall–Kier alpha value is -1.71. The van der Waals surface area contributed by atoms with Crippen molar-refractivity contribution < 1.29 is 32.2 Å². The Balaban J connectivity index is 2.70. The van der Waals surface area contributed by atoms with Gasteiger partial charge in [0.25, 0.3) is 0 Å². The highest BCUT2D eigenvalue weighted by Gasteiger charge is 2.36. The molecule has 1 amide bonds. The fourth-order valence-corrected chi connectivity index (χ4v) is 1.96. The molecule has 0 fully saturated rings. The summed E-state index contributed by atoms with van der Waals surface area (Å²) in [6.45, 7) is 1.78. The van der Waals surface area contributed by atoms with Crippen LogP contribution in [0.15, 0.2) is 24.4 Å². The first kappa shape index (κ1) is 20.3. The fourth-order valence-electron chi connectivity index (χ4n) is 1.96. The molecule has 136 valence electrons. The second kappa shape index (κ2) is 9.55. The highest BCUT2D eigenvalue weighted by molar-refractivity contribution is 5.77. The minimum absolute atomic E-state index is 0.111. The first-order valence-electron chi connectivity index (χ1n) is 7.43. The quantitative estimate of drug-likeness (QED) is 0.654. The maximum absolute atomic E-state index is 12.0. The van der Waals surface area contributed by atoms with Crippen molar-refractivity contribution in [1.29, 1.82) is 0 Å². The molecule has 0 radical (unpaired) electrons. The normalized spacial score (nSPS) is 12.2. The van der Waals surface area contributed by atoms with Gasteiger partial charge in [-0.1, -0.05) is 6.07 Å². The third-order valence-electron chi connectivity index (χ3n) is 2.83. The van der Waals surface area contributed by atoms with Crippen molar-refractivity contribution in [3.8, 4) is 0 Å². The number of hydrogen-bond acceptors (Lipinski definition) is 5. The van der Waals surface area contributed by atoms with Crippen LogP contribution < -0.4 is 5.32 Å². The molecule has 0 aliphatic heterocycles. The summed E-state index contributed by atoms with van der Waals surface area (Å²) in [5.41, 5.74) is 0.449. The molecule has 0 aliphatic rings. The SMILES string of the molecule is CCOC(CNC(=O)COCC(F)(F)F)(OCC)c1ccccn1. The van der Waals surface area contributed by atoms with E-state index in [9.17, 15) is 18.0 Å². The van der Waals surface area contributed by atoms with E-state index in [1.807, 2.05) is 0 Å². The molecule has 1 rings (SSSR count). The lowest BCUT2D eigenvalue weighted by molar-refractivity contribution is -0.241. The molecule has 0 saturated carbocycles. The van der Waals surface area contributed by atoms with E-state index in [0.29, 0.717) is 5.69 Å². The van der Waals surface area contributed by atoms with Crippen molar-refractivity contribution in [2.45, 2.75) is 25.8 Å². The van der Waals surface area contributed by atoms with Gasteiger partial charge in [-0.2, -0.15) is 13.2 Å². The molecule has 1 aromatic rings. The molecule has 1 aromatic heterocycles. The maximum Gasteiger partial charge on any atom is 0.411 e. The molecular weight excluding hydrogens is 329 g/mol. The number of ether oxygens (including phenoxy) is 3. The van der Waals surface area contributed by atoms with E-state index < -0.39 is 31.1 Å². The second-order valence-corrected chi connectivity index (χ2v) is 4.72. The molecule has 1 N–H and O–H groups in total. The van der Waals surface area contributed by atoms with E-state index in [-0.39, 0.29) is 19.8 Å². The number of pyridine rings is 1. The van der Waals surface area contributed by atoms with Gasteiger partial charge in [0.05, 0.1) is 6.54 Å².